The van der Waals surface area contributed by atoms with Gasteiger partial charge >= 0.3 is 6.18 Å². The van der Waals surface area contributed by atoms with Crippen molar-refractivity contribution >= 4 is 32.2 Å². The van der Waals surface area contributed by atoms with Crippen LogP contribution in [0.5, 0.6) is 0 Å². The second-order valence-electron chi connectivity index (χ2n) is 6.95. The van der Waals surface area contributed by atoms with Gasteiger partial charge in [-0.15, -0.1) is 0 Å². The number of ether oxygens (including phenoxy) is 2. The van der Waals surface area contributed by atoms with Crippen LogP contribution in [0, 0.1) is 0 Å². The number of anilines is 2. The molecule has 4 rings (SSSR count). The van der Waals surface area contributed by atoms with Crippen LogP contribution < -0.4 is 15.9 Å². The molecule has 1 aromatic heterocycles. The van der Waals surface area contributed by atoms with Gasteiger partial charge in [-0.25, -0.2) is 0 Å². The van der Waals surface area contributed by atoms with Gasteiger partial charge in [-0.05, 0) is 19.1 Å². The fraction of sp³-hybridized carbons (Fsp3) is 0.529. The summed E-state index contributed by atoms with van der Waals surface area (Å²) in [6, 6.07) is 1.54. The number of hydrogen-bond donors (Lipinski definition) is 2. The van der Waals surface area contributed by atoms with Crippen molar-refractivity contribution in [2.45, 2.75) is 37.8 Å². The summed E-state index contributed by atoms with van der Waals surface area (Å²) in [6.07, 6.45) is -3.43. The van der Waals surface area contributed by atoms with Crippen LogP contribution in [0.15, 0.2) is 16.9 Å². The van der Waals surface area contributed by atoms with E-state index < -0.39 is 23.1 Å². The topological polar surface area (TPSA) is 83.9 Å². The molecule has 2 N–H and O–H groups in total. The Labute approximate surface area is 161 Å². The Morgan fingerprint density at radius 3 is 2.64 bits per heavy atom. The Morgan fingerprint density at radius 2 is 2.07 bits per heavy atom. The number of halogens is 3. The van der Waals surface area contributed by atoms with Gasteiger partial charge in [0.15, 0.2) is 10.9 Å². The van der Waals surface area contributed by atoms with Crippen molar-refractivity contribution in [3.63, 3.8) is 0 Å². The van der Waals surface area contributed by atoms with Gasteiger partial charge < -0.3 is 14.4 Å². The average Bonchev–Trinajstić information content (AvgIpc) is 3.01. The first kappa shape index (κ1) is 19.4. The standard InChI is InChI=1S/C17H18F3N3O4S/c1-9-8-26-16(27-9)2-4-23(5-3-16)15-21-14(24)11-6-10(17(18,19)20)7-12(22-25)13(11)28-15/h6-7,9,22,25H,2-5,8H2,1H3. The van der Waals surface area contributed by atoms with Gasteiger partial charge in [0.2, 0.25) is 0 Å². The number of benzene rings is 1. The lowest BCUT2D eigenvalue weighted by atomic mass is 10.0. The maximum Gasteiger partial charge on any atom is 0.416 e. The molecule has 0 amide bonds. The molecule has 2 aliphatic rings. The minimum Gasteiger partial charge on any atom is -0.348 e. The molecule has 28 heavy (non-hydrogen) atoms. The van der Waals surface area contributed by atoms with Crippen LogP contribution in [0.3, 0.4) is 0 Å². The first-order valence-corrected chi connectivity index (χ1v) is 9.55. The van der Waals surface area contributed by atoms with E-state index in [-0.39, 0.29) is 21.9 Å². The number of nitrogens with zero attached hydrogens (tertiary/aromatic N) is 2. The fourth-order valence-electron chi connectivity index (χ4n) is 3.55. The van der Waals surface area contributed by atoms with Crippen LogP contribution >= 0.6 is 11.3 Å². The smallest absolute Gasteiger partial charge is 0.348 e. The SMILES string of the molecule is CC1COC2(CCN(c3nc(=O)c4cc(C(F)(F)F)cc(NO)c4s3)CC2)O1. The third kappa shape index (κ3) is 3.43. The molecule has 2 aliphatic heterocycles. The third-order valence-corrected chi connectivity index (χ3v) is 6.13. The van der Waals surface area contributed by atoms with Crippen LogP contribution in [0.1, 0.15) is 25.3 Å². The van der Waals surface area contributed by atoms with Crippen molar-refractivity contribution in [3.8, 4) is 0 Å². The lowest BCUT2D eigenvalue weighted by Crippen LogP contribution is -2.45. The largest absolute Gasteiger partial charge is 0.416 e. The molecule has 0 saturated carbocycles. The zero-order valence-corrected chi connectivity index (χ0v) is 15.7. The molecule has 1 atom stereocenters. The third-order valence-electron chi connectivity index (χ3n) is 4.95. The van der Waals surface area contributed by atoms with E-state index >= 15 is 0 Å². The molecule has 1 unspecified atom stereocenters. The van der Waals surface area contributed by atoms with Crippen LogP contribution in [0.2, 0.25) is 0 Å². The number of rotatable bonds is 2. The van der Waals surface area contributed by atoms with E-state index in [1.54, 1.807) is 5.48 Å². The Morgan fingerprint density at radius 1 is 1.36 bits per heavy atom. The zero-order valence-electron chi connectivity index (χ0n) is 14.9. The Hall–Kier alpha value is -1.95. The maximum absolute atomic E-state index is 13.0. The molecule has 1 spiro atoms. The second kappa shape index (κ2) is 6.83. The molecular weight excluding hydrogens is 399 g/mol. The molecule has 0 radical (unpaired) electrons. The predicted molar refractivity (Wildman–Crippen MR) is 97.0 cm³/mol. The van der Waals surface area contributed by atoms with Crippen molar-refractivity contribution in [1.29, 1.82) is 0 Å². The molecule has 2 fully saturated rings. The Kier molecular flexibility index (Phi) is 4.73. The minimum atomic E-state index is -4.64. The van der Waals surface area contributed by atoms with Crippen molar-refractivity contribution in [2.24, 2.45) is 0 Å². The first-order chi connectivity index (χ1) is 13.2. The Bertz CT molecular complexity index is 957. The normalized spacial score (nSPS) is 22.2. The van der Waals surface area contributed by atoms with Gasteiger partial charge in [-0.1, -0.05) is 11.3 Å². The van der Waals surface area contributed by atoms with Crippen LogP contribution in [-0.4, -0.2) is 41.8 Å². The molecule has 0 aliphatic carbocycles. The molecular formula is C17H18F3N3O4S. The van der Waals surface area contributed by atoms with Crippen LogP contribution in [0.25, 0.3) is 10.1 Å². The number of alkyl halides is 3. The van der Waals surface area contributed by atoms with E-state index in [0.29, 0.717) is 37.7 Å². The van der Waals surface area contributed by atoms with Crippen LogP contribution in [-0.2, 0) is 15.7 Å². The first-order valence-electron chi connectivity index (χ1n) is 8.74. The lowest BCUT2D eigenvalue weighted by Gasteiger charge is -2.38. The summed E-state index contributed by atoms with van der Waals surface area (Å²) in [5.41, 5.74) is -0.208. The molecule has 2 saturated heterocycles. The van der Waals surface area contributed by atoms with Gasteiger partial charge in [0.1, 0.15) is 0 Å². The molecule has 7 nitrogen and oxygen atoms in total. The fourth-order valence-corrected chi connectivity index (χ4v) is 4.64. The zero-order chi connectivity index (χ0) is 20.1. The van der Waals surface area contributed by atoms with Crippen molar-refractivity contribution in [3.05, 3.63) is 28.0 Å². The summed E-state index contributed by atoms with van der Waals surface area (Å²) in [4.78, 5) is 18.3. The summed E-state index contributed by atoms with van der Waals surface area (Å²) in [5, 5.41) is 9.50. The Balaban J connectivity index is 1.67. The number of piperidine rings is 1. The van der Waals surface area contributed by atoms with Gasteiger partial charge in [-0.3, -0.25) is 15.5 Å². The number of nitrogens with one attached hydrogen (secondary N) is 1. The molecule has 3 heterocycles. The average molecular weight is 417 g/mol. The molecule has 1 aromatic carbocycles. The maximum atomic E-state index is 13.0. The van der Waals surface area contributed by atoms with Gasteiger partial charge in [-0.2, -0.15) is 18.2 Å². The number of hydrogen-bond acceptors (Lipinski definition) is 8. The number of fused-ring (bicyclic) bond motifs is 1. The molecule has 0 bridgehead atoms. The van der Waals surface area contributed by atoms with Gasteiger partial charge in [0.05, 0.1) is 34.0 Å². The van der Waals surface area contributed by atoms with E-state index in [9.17, 15) is 23.2 Å². The highest BCUT2D eigenvalue weighted by molar-refractivity contribution is 7.22. The molecule has 2 aromatic rings. The summed E-state index contributed by atoms with van der Waals surface area (Å²) < 4.78 is 51.0. The van der Waals surface area contributed by atoms with E-state index in [4.69, 9.17) is 9.47 Å². The number of aromatic nitrogens is 1. The van der Waals surface area contributed by atoms with E-state index in [1.165, 1.54) is 0 Å². The quantitative estimate of drug-likeness (QED) is 0.726. The van der Waals surface area contributed by atoms with E-state index in [1.807, 2.05) is 11.8 Å². The van der Waals surface area contributed by atoms with Gasteiger partial charge in [0, 0.05) is 25.9 Å². The highest BCUT2D eigenvalue weighted by Crippen LogP contribution is 2.39. The summed E-state index contributed by atoms with van der Waals surface area (Å²) in [7, 11) is 0. The summed E-state index contributed by atoms with van der Waals surface area (Å²) in [6.45, 7) is 3.54. The van der Waals surface area contributed by atoms with E-state index in [0.717, 1.165) is 23.5 Å². The second-order valence-corrected chi connectivity index (χ2v) is 7.93. The monoisotopic (exact) mass is 417 g/mol. The van der Waals surface area contributed by atoms with Gasteiger partial charge in [0.25, 0.3) is 5.56 Å². The molecule has 152 valence electrons. The van der Waals surface area contributed by atoms with Crippen molar-refractivity contribution in [2.75, 3.05) is 30.1 Å². The lowest BCUT2D eigenvalue weighted by molar-refractivity contribution is -0.178. The van der Waals surface area contributed by atoms with Crippen molar-refractivity contribution in [1.82, 2.24) is 4.98 Å². The minimum absolute atomic E-state index is 0.0300. The predicted octanol–water partition coefficient (Wildman–Crippen LogP) is 3.21. The van der Waals surface area contributed by atoms with Crippen molar-refractivity contribution < 1.29 is 27.9 Å². The highest BCUT2D eigenvalue weighted by Gasteiger charge is 2.43. The molecule has 11 heteroatoms. The highest BCUT2D eigenvalue weighted by atomic mass is 32.1. The summed E-state index contributed by atoms with van der Waals surface area (Å²) in [5.74, 6) is -0.614. The summed E-state index contributed by atoms with van der Waals surface area (Å²) >= 11 is 1.05. The van der Waals surface area contributed by atoms with Crippen LogP contribution in [0.4, 0.5) is 24.0 Å². The van der Waals surface area contributed by atoms with E-state index in [2.05, 4.69) is 4.98 Å².